The van der Waals surface area contributed by atoms with Gasteiger partial charge >= 0.3 is 5.97 Å². The van der Waals surface area contributed by atoms with Crippen LogP contribution in [0.2, 0.25) is 0 Å². The van der Waals surface area contributed by atoms with Gasteiger partial charge in [-0.25, -0.2) is 4.79 Å². The van der Waals surface area contributed by atoms with Crippen molar-refractivity contribution in [1.29, 1.82) is 0 Å². The van der Waals surface area contributed by atoms with E-state index in [1.807, 2.05) is 50.2 Å². The van der Waals surface area contributed by atoms with Gasteiger partial charge in [0.15, 0.2) is 18.1 Å². The molecule has 1 heterocycles. The minimum absolute atomic E-state index is 0.194. The second kappa shape index (κ2) is 9.64. The predicted molar refractivity (Wildman–Crippen MR) is 107 cm³/mol. The van der Waals surface area contributed by atoms with E-state index in [9.17, 15) is 9.59 Å². The van der Waals surface area contributed by atoms with Crippen molar-refractivity contribution in [1.82, 2.24) is 5.32 Å². The second-order valence-electron chi connectivity index (χ2n) is 6.34. The lowest BCUT2D eigenvalue weighted by Gasteiger charge is -2.14. The van der Waals surface area contributed by atoms with Gasteiger partial charge in [-0.15, -0.1) is 0 Å². The number of esters is 1. The Morgan fingerprint density at radius 1 is 1.14 bits per heavy atom. The van der Waals surface area contributed by atoms with E-state index in [4.69, 9.17) is 18.9 Å². The number of fused-ring (bicyclic) bond motifs is 1. The Morgan fingerprint density at radius 3 is 2.66 bits per heavy atom. The molecule has 7 heteroatoms. The fraction of sp³-hybridized carbons (Fsp3) is 0.273. The first-order chi connectivity index (χ1) is 14.0. The average molecular weight is 397 g/mol. The van der Waals surface area contributed by atoms with E-state index < -0.39 is 11.9 Å². The molecule has 3 rings (SSSR count). The molecule has 0 spiro atoms. The molecule has 0 fully saturated rings. The number of benzene rings is 2. The maximum Gasteiger partial charge on any atom is 0.331 e. The van der Waals surface area contributed by atoms with Crippen LogP contribution in [0.25, 0.3) is 6.08 Å². The Morgan fingerprint density at radius 2 is 1.90 bits per heavy atom. The van der Waals surface area contributed by atoms with Crippen LogP contribution in [0.15, 0.2) is 48.5 Å². The average Bonchev–Trinajstić information content (AvgIpc) is 3.20. The van der Waals surface area contributed by atoms with E-state index in [0.29, 0.717) is 18.1 Å². The molecule has 29 heavy (non-hydrogen) atoms. The van der Waals surface area contributed by atoms with Gasteiger partial charge in [-0.3, -0.25) is 4.79 Å². The number of hydrogen-bond acceptors (Lipinski definition) is 6. The monoisotopic (exact) mass is 397 g/mol. The third-order valence-electron chi connectivity index (χ3n) is 4.22. The highest BCUT2D eigenvalue weighted by Crippen LogP contribution is 2.34. The topological polar surface area (TPSA) is 83.1 Å². The molecule has 152 valence electrons. The van der Waals surface area contributed by atoms with Crippen LogP contribution < -0.4 is 19.5 Å². The SMILES string of the molecule is CCOc1ccc(/C=C/C(=O)OCC(=O)N[C@@H](C)c2ccc3c(c2)OCO3)cc1. The maximum absolute atomic E-state index is 12.1. The molecule has 2 aromatic rings. The molecule has 1 aliphatic heterocycles. The minimum Gasteiger partial charge on any atom is -0.494 e. The first kappa shape index (κ1) is 20.3. The lowest BCUT2D eigenvalue weighted by Crippen LogP contribution is -2.30. The van der Waals surface area contributed by atoms with Crippen LogP contribution >= 0.6 is 0 Å². The van der Waals surface area contributed by atoms with Crippen molar-refractivity contribution < 1.29 is 28.5 Å². The van der Waals surface area contributed by atoms with E-state index in [-0.39, 0.29) is 19.4 Å². The molecule has 1 aliphatic rings. The van der Waals surface area contributed by atoms with Crippen molar-refractivity contribution in [3.05, 3.63) is 59.7 Å². The van der Waals surface area contributed by atoms with Crippen LogP contribution in [0.5, 0.6) is 17.2 Å². The Balaban J connectivity index is 1.44. The number of amides is 1. The second-order valence-corrected chi connectivity index (χ2v) is 6.34. The standard InChI is InChI=1S/C22H23NO6/c1-3-26-18-8-4-16(5-9-18)6-11-22(25)27-13-21(24)23-15(2)17-7-10-19-20(12-17)29-14-28-19/h4-12,15H,3,13-14H2,1-2H3,(H,23,24)/b11-6+/t15-/m0/s1. The Labute approximate surface area is 169 Å². The molecule has 7 nitrogen and oxygen atoms in total. The van der Waals surface area contributed by atoms with Gasteiger partial charge in [-0.1, -0.05) is 18.2 Å². The highest BCUT2D eigenvalue weighted by Gasteiger charge is 2.17. The van der Waals surface area contributed by atoms with Crippen LogP contribution in [0.1, 0.15) is 31.0 Å². The molecule has 0 radical (unpaired) electrons. The van der Waals surface area contributed by atoms with Crippen LogP contribution in [-0.4, -0.2) is 31.9 Å². The van der Waals surface area contributed by atoms with Crippen LogP contribution in [0.4, 0.5) is 0 Å². The van der Waals surface area contributed by atoms with Gasteiger partial charge in [0.2, 0.25) is 6.79 Å². The summed E-state index contributed by atoms with van der Waals surface area (Å²) >= 11 is 0. The van der Waals surface area contributed by atoms with Crippen molar-refractivity contribution >= 4 is 18.0 Å². The van der Waals surface area contributed by atoms with Crippen LogP contribution in [0.3, 0.4) is 0 Å². The number of rotatable bonds is 8. The summed E-state index contributed by atoms with van der Waals surface area (Å²) < 4.78 is 21.0. The summed E-state index contributed by atoms with van der Waals surface area (Å²) in [5, 5.41) is 2.78. The summed E-state index contributed by atoms with van der Waals surface area (Å²) in [5.74, 6) is 1.11. The van der Waals surface area contributed by atoms with Crippen LogP contribution in [-0.2, 0) is 14.3 Å². The molecule has 0 saturated heterocycles. The highest BCUT2D eigenvalue weighted by molar-refractivity contribution is 5.89. The van der Waals surface area contributed by atoms with Crippen molar-refractivity contribution in [3.8, 4) is 17.2 Å². The third kappa shape index (κ3) is 5.75. The number of carbonyl (C=O) groups excluding carboxylic acids is 2. The van der Waals surface area contributed by atoms with Gasteiger partial charge in [-0.2, -0.15) is 0 Å². The Bertz CT molecular complexity index is 891. The molecular weight excluding hydrogens is 374 g/mol. The van der Waals surface area contributed by atoms with Crippen molar-refractivity contribution in [2.75, 3.05) is 20.0 Å². The molecule has 1 N–H and O–H groups in total. The highest BCUT2D eigenvalue weighted by atomic mass is 16.7. The number of nitrogens with one attached hydrogen (secondary N) is 1. The molecule has 1 atom stereocenters. The van der Waals surface area contributed by atoms with Gasteiger partial charge < -0.3 is 24.3 Å². The summed E-state index contributed by atoms with van der Waals surface area (Å²) in [4.78, 5) is 23.9. The third-order valence-corrected chi connectivity index (χ3v) is 4.22. The van der Waals surface area contributed by atoms with E-state index in [2.05, 4.69) is 5.32 Å². The van der Waals surface area contributed by atoms with Gasteiger partial charge in [-0.05, 0) is 55.3 Å². The van der Waals surface area contributed by atoms with Gasteiger partial charge in [0.25, 0.3) is 5.91 Å². The first-order valence-electron chi connectivity index (χ1n) is 9.31. The molecule has 0 aromatic heterocycles. The lowest BCUT2D eigenvalue weighted by molar-refractivity contribution is -0.144. The quantitative estimate of drug-likeness (QED) is 0.544. The minimum atomic E-state index is -0.593. The van der Waals surface area contributed by atoms with E-state index >= 15 is 0 Å². The number of ether oxygens (including phenoxy) is 4. The van der Waals surface area contributed by atoms with E-state index in [1.165, 1.54) is 6.08 Å². The molecule has 0 aliphatic carbocycles. The summed E-state index contributed by atoms with van der Waals surface area (Å²) in [7, 11) is 0. The van der Waals surface area contributed by atoms with E-state index in [0.717, 1.165) is 16.9 Å². The number of hydrogen-bond donors (Lipinski definition) is 1. The fourth-order valence-corrected chi connectivity index (χ4v) is 2.74. The zero-order chi connectivity index (χ0) is 20.6. The molecule has 0 saturated carbocycles. The van der Waals surface area contributed by atoms with Gasteiger partial charge in [0.05, 0.1) is 12.6 Å². The smallest absolute Gasteiger partial charge is 0.331 e. The lowest BCUT2D eigenvalue weighted by atomic mass is 10.1. The van der Waals surface area contributed by atoms with Crippen LogP contribution in [0, 0.1) is 0 Å². The molecule has 2 aromatic carbocycles. The molecule has 1 amide bonds. The molecule has 0 unspecified atom stereocenters. The summed E-state index contributed by atoms with van der Waals surface area (Å²) in [6.45, 7) is 4.18. The zero-order valence-electron chi connectivity index (χ0n) is 16.3. The molecule has 0 bridgehead atoms. The summed E-state index contributed by atoms with van der Waals surface area (Å²) in [5.41, 5.74) is 1.69. The molecular formula is C22H23NO6. The van der Waals surface area contributed by atoms with Crippen molar-refractivity contribution in [2.24, 2.45) is 0 Å². The normalized spacial score (nSPS) is 13.2. The van der Waals surface area contributed by atoms with Crippen molar-refractivity contribution in [3.63, 3.8) is 0 Å². The first-order valence-corrected chi connectivity index (χ1v) is 9.31. The Kier molecular flexibility index (Phi) is 6.73. The number of carbonyl (C=O) groups is 2. The van der Waals surface area contributed by atoms with E-state index in [1.54, 1.807) is 12.1 Å². The summed E-state index contributed by atoms with van der Waals surface area (Å²) in [6.07, 6.45) is 2.90. The van der Waals surface area contributed by atoms with Crippen molar-refractivity contribution in [2.45, 2.75) is 19.9 Å². The predicted octanol–water partition coefficient (Wildman–Crippen LogP) is 3.25. The summed E-state index contributed by atoms with van der Waals surface area (Å²) in [6, 6.07) is 12.5. The fourth-order valence-electron chi connectivity index (χ4n) is 2.74. The van der Waals surface area contributed by atoms with Gasteiger partial charge in [0, 0.05) is 6.08 Å². The Hall–Kier alpha value is -3.48. The largest absolute Gasteiger partial charge is 0.494 e. The maximum atomic E-state index is 12.1. The zero-order valence-corrected chi connectivity index (χ0v) is 16.3. The van der Waals surface area contributed by atoms with Gasteiger partial charge in [0.1, 0.15) is 5.75 Å².